The number of ether oxygens (including phenoxy) is 2. The van der Waals surface area contributed by atoms with Gasteiger partial charge in [0, 0.05) is 21.8 Å². The van der Waals surface area contributed by atoms with E-state index in [2.05, 4.69) is 20.7 Å². The van der Waals surface area contributed by atoms with Gasteiger partial charge in [0.25, 0.3) is 5.91 Å². The highest BCUT2D eigenvalue weighted by Crippen LogP contribution is 2.29. The van der Waals surface area contributed by atoms with Crippen molar-refractivity contribution in [2.24, 2.45) is 5.10 Å². The summed E-state index contributed by atoms with van der Waals surface area (Å²) < 4.78 is 12.5. The summed E-state index contributed by atoms with van der Waals surface area (Å²) in [5.74, 6) is 1.71. The Morgan fingerprint density at radius 3 is 2.38 bits per heavy atom. The number of benzene rings is 3. The molecule has 4 aromatic rings. The molecule has 0 spiro atoms. The average Bonchev–Trinajstić information content (AvgIpc) is 3.34. The Labute approximate surface area is 224 Å². The zero-order chi connectivity index (χ0) is 26.4. The number of hydrogen-bond acceptors (Lipinski definition) is 7. The molecule has 0 radical (unpaired) electrons. The van der Waals surface area contributed by atoms with Crippen molar-refractivity contribution in [2.45, 2.75) is 19.0 Å². The van der Waals surface area contributed by atoms with Crippen LogP contribution in [0.15, 0.2) is 77.0 Å². The van der Waals surface area contributed by atoms with Gasteiger partial charge in [0.1, 0.15) is 0 Å². The van der Waals surface area contributed by atoms with Crippen LogP contribution in [0.1, 0.15) is 18.1 Å². The Kier molecular flexibility index (Phi) is 8.47. The Bertz CT molecular complexity index is 1420. The number of amides is 1. The van der Waals surface area contributed by atoms with E-state index in [9.17, 15) is 4.79 Å². The zero-order valence-corrected chi connectivity index (χ0v) is 22.4. The Balaban J connectivity index is 1.51. The molecular formula is C27H26ClN5O3S. The second-order valence-corrected chi connectivity index (χ2v) is 9.45. The Morgan fingerprint density at radius 2 is 1.70 bits per heavy atom. The number of carbonyl (C=O) groups is 1. The quantitative estimate of drug-likeness (QED) is 0.172. The molecule has 0 saturated heterocycles. The lowest BCUT2D eigenvalue weighted by Crippen LogP contribution is -2.21. The van der Waals surface area contributed by atoms with Crippen LogP contribution in [-0.4, -0.2) is 46.4 Å². The molecule has 1 heterocycles. The van der Waals surface area contributed by atoms with Crippen molar-refractivity contribution in [1.82, 2.24) is 20.2 Å². The van der Waals surface area contributed by atoms with Crippen LogP contribution in [0.25, 0.3) is 17.1 Å². The molecule has 1 N–H and O–H groups in total. The first-order valence-electron chi connectivity index (χ1n) is 11.4. The van der Waals surface area contributed by atoms with E-state index in [0.717, 1.165) is 22.4 Å². The summed E-state index contributed by atoms with van der Waals surface area (Å²) in [6.45, 7) is 3.84. The fourth-order valence-electron chi connectivity index (χ4n) is 3.51. The van der Waals surface area contributed by atoms with Crippen molar-refractivity contribution in [1.29, 1.82) is 0 Å². The number of aromatic nitrogens is 3. The van der Waals surface area contributed by atoms with Gasteiger partial charge in [-0.3, -0.25) is 9.36 Å². The fourth-order valence-corrected chi connectivity index (χ4v) is 4.38. The molecule has 0 bridgehead atoms. The lowest BCUT2D eigenvalue weighted by atomic mass is 10.1. The third-order valence-electron chi connectivity index (χ3n) is 5.51. The highest BCUT2D eigenvalue weighted by atomic mass is 35.5. The lowest BCUT2D eigenvalue weighted by molar-refractivity contribution is -0.118. The number of aryl methyl sites for hydroxylation is 1. The van der Waals surface area contributed by atoms with E-state index in [-0.39, 0.29) is 11.7 Å². The first-order valence-corrected chi connectivity index (χ1v) is 12.7. The van der Waals surface area contributed by atoms with E-state index in [1.54, 1.807) is 33.3 Å². The molecular weight excluding hydrogens is 510 g/mol. The molecule has 0 saturated carbocycles. The first-order chi connectivity index (χ1) is 17.9. The van der Waals surface area contributed by atoms with Crippen molar-refractivity contribution in [3.05, 3.63) is 82.9 Å². The number of thioether (sulfide) groups is 1. The topological polar surface area (TPSA) is 90.6 Å². The van der Waals surface area contributed by atoms with Gasteiger partial charge in [0.15, 0.2) is 22.5 Å². The molecule has 10 heteroatoms. The normalized spacial score (nSPS) is 11.3. The van der Waals surface area contributed by atoms with Gasteiger partial charge in [-0.15, -0.1) is 10.2 Å². The van der Waals surface area contributed by atoms with Gasteiger partial charge >= 0.3 is 0 Å². The molecule has 4 rings (SSSR count). The van der Waals surface area contributed by atoms with E-state index in [1.165, 1.54) is 11.8 Å². The molecule has 0 aliphatic rings. The van der Waals surface area contributed by atoms with Gasteiger partial charge in [0.05, 0.1) is 25.7 Å². The second-order valence-electron chi connectivity index (χ2n) is 8.07. The molecule has 0 aliphatic heterocycles. The number of halogens is 1. The van der Waals surface area contributed by atoms with Crippen molar-refractivity contribution in [3.63, 3.8) is 0 Å². The highest BCUT2D eigenvalue weighted by molar-refractivity contribution is 7.99. The monoisotopic (exact) mass is 535 g/mol. The van der Waals surface area contributed by atoms with Crippen LogP contribution in [0, 0.1) is 6.92 Å². The molecule has 0 unspecified atom stereocenters. The molecule has 1 aromatic heterocycles. The molecule has 0 aliphatic carbocycles. The number of hydrazone groups is 1. The number of methoxy groups -OCH3 is 2. The summed E-state index contributed by atoms with van der Waals surface area (Å²) in [6, 6.07) is 20.9. The van der Waals surface area contributed by atoms with Crippen LogP contribution in [0.5, 0.6) is 11.5 Å². The number of carbonyl (C=O) groups excluding carboxylic acids is 1. The molecule has 37 heavy (non-hydrogen) atoms. The largest absolute Gasteiger partial charge is 0.493 e. The molecule has 0 atom stereocenters. The predicted molar refractivity (Wildman–Crippen MR) is 147 cm³/mol. The third kappa shape index (κ3) is 6.31. The number of nitrogens with zero attached hydrogens (tertiary/aromatic N) is 4. The van der Waals surface area contributed by atoms with Crippen LogP contribution in [0.4, 0.5) is 0 Å². The molecule has 8 nitrogen and oxygen atoms in total. The minimum atomic E-state index is -0.271. The lowest BCUT2D eigenvalue weighted by Gasteiger charge is -2.11. The highest BCUT2D eigenvalue weighted by Gasteiger charge is 2.17. The van der Waals surface area contributed by atoms with Crippen molar-refractivity contribution < 1.29 is 14.3 Å². The van der Waals surface area contributed by atoms with Crippen LogP contribution in [0.3, 0.4) is 0 Å². The molecule has 1 amide bonds. The number of nitrogens with one attached hydrogen (secondary N) is 1. The Hall–Kier alpha value is -3.82. The van der Waals surface area contributed by atoms with Gasteiger partial charge in [-0.2, -0.15) is 5.10 Å². The van der Waals surface area contributed by atoms with Gasteiger partial charge < -0.3 is 9.47 Å². The Morgan fingerprint density at radius 1 is 1.00 bits per heavy atom. The van der Waals surface area contributed by atoms with Crippen LogP contribution < -0.4 is 14.9 Å². The summed E-state index contributed by atoms with van der Waals surface area (Å²) in [7, 11) is 3.15. The van der Waals surface area contributed by atoms with E-state index < -0.39 is 0 Å². The first kappa shape index (κ1) is 26.2. The van der Waals surface area contributed by atoms with E-state index >= 15 is 0 Å². The minimum Gasteiger partial charge on any atom is -0.493 e. The van der Waals surface area contributed by atoms with Gasteiger partial charge in [-0.05, 0) is 56.3 Å². The molecule has 190 valence electrons. The summed E-state index contributed by atoms with van der Waals surface area (Å²) in [6.07, 6.45) is 0. The maximum atomic E-state index is 12.6. The fraction of sp³-hybridized carbons (Fsp3) is 0.185. The van der Waals surface area contributed by atoms with Crippen molar-refractivity contribution in [3.8, 4) is 28.6 Å². The van der Waals surface area contributed by atoms with Gasteiger partial charge in [-0.25, -0.2) is 5.43 Å². The van der Waals surface area contributed by atoms with Gasteiger partial charge in [0.2, 0.25) is 0 Å². The summed E-state index contributed by atoms with van der Waals surface area (Å²) >= 11 is 7.37. The molecule has 0 fully saturated rings. The predicted octanol–water partition coefficient (Wildman–Crippen LogP) is 5.55. The second kappa shape index (κ2) is 11.9. The minimum absolute atomic E-state index is 0.0995. The van der Waals surface area contributed by atoms with E-state index in [4.69, 9.17) is 21.1 Å². The van der Waals surface area contributed by atoms with Crippen LogP contribution in [0.2, 0.25) is 5.02 Å². The zero-order valence-electron chi connectivity index (χ0n) is 20.9. The van der Waals surface area contributed by atoms with Crippen molar-refractivity contribution >= 4 is 35.0 Å². The third-order valence-corrected chi connectivity index (χ3v) is 6.69. The molecule has 3 aromatic carbocycles. The SMILES string of the molecule is COc1ccc(C(C)=NNC(=O)CSc2nnc(-c3ccc(C)cc3)n2-c2ccc(Cl)cc2)cc1OC. The van der Waals surface area contributed by atoms with E-state index in [1.807, 2.05) is 66.1 Å². The standard InChI is InChI=1S/C27H26ClN5O3S/c1-17-5-7-19(8-6-17)26-31-32-27(33(26)22-12-10-21(28)11-13-22)37-16-25(34)30-29-18(2)20-9-14-23(35-3)24(15-20)36-4/h5-15H,16H2,1-4H3,(H,30,34). The maximum absolute atomic E-state index is 12.6. The summed E-state index contributed by atoms with van der Waals surface area (Å²) in [4.78, 5) is 12.6. The van der Waals surface area contributed by atoms with Crippen LogP contribution in [-0.2, 0) is 4.79 Å². The van der Waals surface area contributed by atoms with Gasteiger partial charge in [-0.1, -0.05) is 53.2 Å². The average molecular weight is 536 g/mol. The number of hydrogen-bond donors (Lipinski definition) is 1. The van der Waals surface area contributed by atoms with Crippen LogP contribution >= 0.6 is 23.4 Å². The maximum Gasteiger partial charge on any atom is 0.250 e. The summed E-state index contributed by atoms with van der Waals surface area (Å²) in [5, 5.41) is 14.2. The van der Waals surface area contributed by atoms with Crippen molar-refractivity contribution in [2.75, 3.05) is 20.0 Å². The number of rotatable bonds is 9. The summed E-state index contributed by atoms with van der Waals surface area (Å²) in [5.41, 5.74) is 6.95. The van der Waals surface area contributed by atoms with E-state index in [0.29, 0.717) is 33.2 Å². The smallest absolute Gasteiger partial charge is 0.250 e.